The second-order valence-corrected chi connectivity index (χ2v) is 8.00. The maximum absolute atomic E-state index is 13.1. The Morgan fingerprint density at radius 1 is 1.22 bits per heavy atom. The number of benzene rings is 1. The fourth-order valence-corrected chi connectivity index (χ4v) is 4.14. The van der Waals surface area contributed by atoms with E-state index in [0.29, 0.717) is 29.7 Å². The molecule has 0 fully saturated rings. The molecule has 0 spiro atoms. The van der Waals surface area contributed by atoms with Gasteiger partial charge in [0, 0.05) is 24.0 Å². The average molecular weight is 433 g/mol. The van der Waals surface area contributed by atoms with Crippen LogP contribution in [0.5, 0.6) is 11.5 Å². The van der Waals surface area contributed by atoms with Crippen LogP contribution in [-0.2, 0) is 20.1 Å². The van der Waals surface area contributed by atoms with Crippen LogP contribution >= 0.6 is 0 Å². The first kappa shape index (κ1) is 20.0. The van der Waals surface area contributed by atoms with Crippen LogP contribution in [0.2, 0.25) is 0 Å². The molecule has 0 unspecified atom stereocenters. The molecule has 9 nitrogen and oxygen atoms in total. The molecule has 4 aromatic rings. The Hall–Kier alpha value is -3.88. The molecule has 0 amide bonds. The van der Waals surface area contributed by atoms with Crippen molar-refractivity contribution in [1.29, 1.82) is 0 Å². The molecule has 1 aliphatic heterocycles. The van der Waals surface area contributed by atoms with E-state index in [1.807, 2.05) is 44.2 Å². The number of ketones is 1. The SMILES string of the molecule is Cc1cc(C(=O)Cn2cnc3c(cnn3C)c2=O)c(C)n1C[C@H]1COc2ccccc2O1. The molecular weight excluding hydrogens is 410 g/mol. The minimum atomic E-state index is -0.281. The highest BCUT2D eigenvalue weighted by Crippen LogP contribution is 2.31. The fourth-order valence-electron chi connectivity index (χ4n) is 4.14. The van der Waals surface area contributed by atoms with Crippen molar-refractivity contribution in [3.63, 3.8) is 0 Å². The average Bonchev–Trinajstić information content (AvgIpc) is 3.30. The summed E-state index contributed by atoms with van der Waals surface area (Å²) in [5, 5.41) is 4.46. The third-order valence-corrected chi connectivity index (χ3v) is 5.86. The lowest BCUT2D eigenvalue weighted by Gasteiger charge is -2.27. The van der Waals surface area contributed by atoms with Gasteiger partial charge in [-0.2, -0.15) is 5.10 Å². The van der Waals surface area contributed by atoms with Gasteiger partial charge < -0.3 is 14.0 Å². The third kappa shape index (κ3) is 3.35. The van der Waals surface area contributed by atoms with E-state index in [0.717, 1.165) is 22.9 Å². The summed E-state index contributed by atoms with van der Waals surface area (Å²) in [6.45, 7) is 4.77. The summed E-state index contributed by atoms with van der Waals surface area (Å²) < 4.78 is 16.8. The van der Waals surface area contributed by atoms with E-state index >= 15 is 0 Å². The van der Waals surface area contributed by atoms with Gasteiger partial charge in [0.25, 0.3) is 5.56 Å². The Morgan fingerprint density at radius 2 is 2.00 bits per heavy atom. The summed E-state index contributed by atoms with van der Waals surface area (Å²) in [4.78, 5) is 30.0. The van der Waals surface area contributed by atoms with Crippen molar-refractivity contribution in [3.8, 4) is 11.5 Å². The van der Waals surface area contributed by atoms with Crippen molar-refractivity contribution < 1.29 is 14.3 Å². The molecule has 32 heavy (non-hydrogen) atoms. The number of aromatic nitrogens is 5. The molecule has 0 radical (unpaired) electrons. The second kappa shape index (κ2) is 7.67. The first-order valence-corrected chi connectivity index (χ1v) is 10.4. The summed E-state index contributed by atoms with van der Waals surface area (Å²) in [5.41, 5.74) is 2.57. The van der Waals surface area contributed by atoms with Crippen LogP contribution in [0.15, 0.2) is 47.7 Å². The number of Topliss-reactive ketones (excluding diaryl/α,β-unsaturated/α-hetero) is 1. The molecule has 0 N–H and O–H groups in total. The monoisotopic (exact) mass is 433 g/mol. The molecule has 1 atom stereocenters. The number of carbonyl (C=O) groups excluding carboxylic acids is 1. The van der Waals surface area contributed by atoms with Crippen LogP contribution in [0.1, 0.15) is 21.7 Å². The number of carbonyl (C=O) groups is 1. The predicted octanol–water partition coefficient (Wildman–Crippen LogP) is 2.27. The van der Waals surface area contributed by atoms with Crippen LogP contribution in [-0.4, -0.2) is 42.4 Å². The lowest BCUT2D eigenvalue weighted by atomic mass is 10.1. The highest BCUT2D eigenvalue weighted by atomic mass is 16.6. The summed E-state index contributed by atoms with van der Waals surface area (Å²) in [6.07, 6.45) is 2.70. The van der Waals surface area contributed by atoms with E-state index in [2.05, 4.69) is 14.6 Å². The van der Waals surface area contributed by atoms with Crippen LogP contribution in [0, 0.1) is 13.8 Å². The van der Waals surface area contributed by atoms with Crippen molar-refractivity contribution in [2.24, 2.45) is 7.05 Å². The van der Waals surface area contributed by atoms with Gasteiger partial charge in [-0.1, -0.05) is 12.1 Å². The fraction of sp³-hybridized carbons (Fsp3) is 0.304. The number of ether oxygens (including phenoxy) is 2. The minimum Gasteiger partial charge on any atom is -0.486 e. The lowest BCUT2D eigenvalue weighted by molar-refractivity contribution is 0.0777. The van der Waals surface area contributed by atoms with Crippen molar-refractivity contribution >= 4 is 16.8 Å². The molecule has 4 heterocycles. The standard InChI is InChI=1S/C23H23N5O4/c1-14-8-17(19(29)11-27-13-24-22-18(23(27)30)9-25-26(22)3)15(2)28(14)10-16-12-31-20-6-4-5-7-21(20)32-16/h4-9,13,16H,10-12H2,1-3H3/t16-/m0/s1. The van der Waals surface area contributed by atoms with E-state index in [9.17, 15) is 9.59 Å². The van der Waals surface area contributed by atoms with E-state index in [1.54, 1.807) is 7.05 Å². The van der Waals surface area contributed by atoms with Crippen LogP contribution in [0.25, 0.3) is 11.0 Å². The van der Waals surface area contributed by atoms with Gasteiger partial charge in [0.1, 0.15) is 18.3 Å². The van der Waals surface area contributed by atoms with Gasteiger partial charge in [-0.25, -0.2) is 4.98 Å². The predicted molar refractivity (Wildman–Crippen MR) is 117 cm³/mol. The summed E-state index contributed by atoms with van der Waals surface area (Å²) >= 11 is 0. The van der Waals surface area contributed by atoms with E-state index < -0.39 is 0 Å². The number of hydrogen-bond donors (Lipinski definition) is 0. The maximum atomic E-state index is 13.1. The number of fused-ring (bicyclic) bond motifs is 2. The molecule has 1 aromatic carbocycles. The van der Waals surface area contributed by atoms with Crippen molar-refractivity contribution in [3.05, 3.63) is 70.2 Å². The summed E-state index contributed by atoms with van der Waals surface area (Å²) in [5.74, 6) is 1.31. The topological polar surface area (TPSA) is 93.2 Å². The smallest absolute Gasteiger partial charge is 0.264 e. The Labute approximate surface area is 183 Å². The summed E-state index contributed by atoms with van der Waals surface area (Å²) in [7, 11) is 1.72. The van der Waals surface area contributed by atoms with Gasteiger partial charge in [-0.3, -0.25) is 18.8 Å². The molecule has 3 aromatic heterocycles. The zero-order valence-electron chi connectivity index (χ0n) is 18.1. The molecule has 1 aliphatic rings. The van der Waals surface area contributed by atoms with Crippen molar-refractivity contribution in [1.82, 2.24) is 23.9 Å². The molecule has 0 bridgehead atoms. The zero-order valence-corrected chi connectivity index (χ0v) is 18.1. The second-order valence-electron chi connectivity index (χ2n) is 8.00. The number of nitrogens with zero attached hydrogens (tertiary/aromatic N) is 5. The quantitative estimate of drug-likeness (QED) is 0.448. The highest BCUT2D eigenvalue weighted by Gasteiger charge is 2.24. The van der Waals surface area contributed by atoms with Crippen molar-refractivity contribution in [2.45, 2.75) is 33.0 Å². The molecule has 0 saturated heterocycles. The van der Waals surface area contributed by atoms with Crippen LogP contribution in [0.4, 0.5) is 0 Å². The third-order valence-electron chi connectivity index (χ3n) is 5.86. The first-order chi connectivity index (χ1) is 15.4. The van der Waals surface area contributed by atoms with Gasteiger partial charge in [0.15, 0.2) is 29.0 Å². The largest absolute Gasteiger partial charge is 0.486 e. The number of para-hydroxylation sites is 2. The zero-order chi connectivity index (χ0) is 22.4. The number of hydrogen-bond acceptors (Lipinski definition) is 6. The number of rotatable bonds is 5. The Morgan fingerprint density at radius 3 is 2.81 bits per heavy atom. The van der Waals surface area contributed by atoms with Gasteiger partial charge >= 0.3 is 0 Å². The summed E-state index contributed by atoms with van der Waals surface area (Å²) in [6, 6.07) is 9.45. The lowest BCUT2D eigenvalue weighted by Crippen LogP contribution is -2.33. The van der Waals surface area contributed by atoms with Gasteiger partial charge in [0.2, 0.25) is 0 Å². The molecule has 164 valence electrons. The van der Waals surface area contributed by atoms with Gasteiger partial charge in [0.05, 0.1) is 19.3 Å². The molecular formula is C23H23N5O4. The van der Waals surface area contributed by atoms with E-state index in [-0.39, 0.29) is 24.0 Å². The minimum absolute atomic E-state index is 0.0859. The van der Waals surface area contributed by atoms with Crippen LogP contribution < -0.4 is 15.0 Å². The Bertz CT molecular complexity index is 1400. The molecule has 0 saturated carbocycles. The Balaban J connectivity index is 1.36. The first-order valence-electron chi connectivity index (χ1n) is 10.4. The molecule has 0 aliphatic carbocycles. The Kier molecular flexibility index (Phi) is 4.80. The number of aryl methyl sites for hydroxylation is 2. The van der Waals surface area contributed by atoms with Crippen molar-refractivity contribution in [2.75, 3.05) is 6.61 Å². The maximum Gasteiger partial charge on any atom is 0.264 e. The van der Waals surface area contributed by atoms with E-state index in [4.69, 9.17) is 9.47 Å². The van der Waals surface area contributed by atoms with Crippen LogP contribution in [0.3, 0.4) is 0 Å². The normalized spacial score (nSPS) is 15.3. The van der Waals surface area contributed by atoms with E-state index in [1.165, 1.54) is 21.8 Å². The highest BCUT2D eigenvalue weighted by molar-refractivity contribution is 5.97. The van der Waals surface area contributed by atoms with Gasteiger partial charge in [-0.15, -0.1) is 0 Å². The van der Waals surface area contributed by atoms with Gasteiger partial charge in [-0.05, 0) is 32.0 Å². The molecule has 5 rings (SSSR count). The molecule has 9 heteroatoms.